The van der Waals surface area contributed by atoms with Gasteiger partial charge in [-0.3, -0.25) is 9.69 Å². The summed E-state index contributed by atoms with van der Waals surface area (Å²) >= 11 is 0. The Morgan fingerprint density at radius 1 is 1.23 bits per heavy atom. The zero-order chi connectivity index (χ0) is 21.4. The summed E-state index contributed by atoms with van der Waals surface area (Å²) < 4.78 is 7.67. The summed E-state index contributed by atoms with van der Waals surface area (Å²) in [6.07, 6.45) is 4.42. The molecule has 0 bridgehead atoms. The summed E-state index contributed by atoms with van der Waals surface area (Å²) in [5.41, 5.74) is 2.64. The van der Waals surface area contributed by atoms with Gasteiger partial charge in [-0.1, -0.05) is 18.6 Å². The van der Waals surface area contributed by atoms with Gasteiger partial charge in [0.15, 0.2) is 5.82 Å². The van der Waals surface area contributed by atoms with Crippen LogP contribution in [0.2, 0.25) is 0 Å². The molecule has 2 aliphatic heterocycles. The number of benzene rings is 1. The molecule has 8 nitrogen and oxygen atoms in total. The van der Waals surface area contributed by atoms with Gasteiger partial charge in [-0.15, -0.1) is 5.10 Å². The van der Waals surface area contributed by atoms with Crippen LogP contribution in [-0.2, 0) is 11.3 Å². The maximum atomic E-state index is 13.2. The third-order valence-corrected chi connectivity index (χ3v) is 6.71. The lowest BCUT2D eigenvalue weighted by molar-refractivity contribution is 0.0894. The molecule has 2 aliphatic rings. The lowest BCUT2D eigenvalue weighted by Gasteiger charge is -2.36. The van der Waals surface area contributed by atoms with Crippen LogP contribution in [0.4, 0.5) is 0 Å². The molecule has 1 N–H and O–H groups in total. The average molecular weight is 423 g/mol. The third-order valence-electron chi connectivity index (χ3n) is 6.71. The molecule has 2 atom stereocenters. The van der Waals surface area contributed by atoms with E-state index in [0.717, 1.165) is 67.7 Å². The maximum Gasteiger partial charge on any atom is 0.253 e. The number of fused-ring (bicyclic) bond motifs is 1. The van der Waals surface area contributed by atoms with Crippen molar-refractivity contribution in [2.75, 3.05) is 19.7 Å². The number of hydrogen-bond donors (Lipinski definition) is 1. The number of hydrogen-bond acceptors (Lipinski definition) is 6. The molecule has 2 aromatic heterocycles. The molecule has 3 aromatic rings. The number of aryl methyl sites for hydroxylation is 1. The minimum Gasteiger partial charge on any atom is -0.376 e. The van der Waals surface area contributed by atoms with E-state index in [0.29, 0.717) is 18.0 Å². The number of rotatable bonds is 5. The van der Waals surface area contributed by atoms with Crippen LogP contribution in [-0.4, -0.2) is 55.9 Å². The number of piperidine rings is 1. The normalized spacial score (nSPS) is 21.7. The smallest absolute Gasteiger partial charge is 0.253 e. The van der Waals surface area contributed by atoms with Crippen molar-refractivity contribution in [1.29, 1.82) is 0 Å². The highest BCUT2D eigenvalue weighted by atomic mass is 16.5. The topological polar surface area (TPSA) is 88.9 Å². The number of pyridine rings is 1. The number of aromatic amines is 1. The minimum atomic E-state index is -0.280. The lowest BCUT2D eigenvalue weighted by atomic mass is 9.95. The quantitative estimate of drug-likeness (QED) is 0.680. The summed E-state index contributed by atoms with van der Waals surface area (Å²) in [4.78, 5) is 18.7. The van der Waals surface area contributed by atoms with E-state index >= 15 is 0 Å². The van der Waals surface area contributed by atoms with Crippen molar-refractivity contribution >= 4 is 10.9 Å². The lowest BCUT2D eigenvalue weighted by Crippen LogP contribution is -2.40. The summed E-state index contributed by atoms with van der Waals surface area (Å²) in [6, 6.07) is 7.84. The second-order valence-electron chi connectivity index (χ2n) is 9.12. The molecule has 31 heavy (non-hydrogen) atoms. The highest BCUT2D eigenvalue weighted by Gasteiger charge is 2.33. The van der Waals surface area contributed by atoms with Gasteiger partial charge in [0.2, 0.25) is 0 Å². The van der Waals surface area contributed by atoms with E-state index < -0.39 is 0 Å². The first-order valence-corrected chi connectivity index (χ1v) is 11.3. The van der Waals surface area contributed by atoms with E-state index in [1.807, 2.05) is 22.9 Å². The third kappa shape index (κ3) is 4.14. The fourth-order valence-corrected chi connectivity index (χ4v) is 4.85. The molecular formula is C23H30N6O2. The predicted octanol–water partition coefficient (Wildman–Crippen LogP) is 2.82. The van der Waals surface area contributed by atoms with Gasteiger partial charge in [0.1, 0.15) is 6.04 Å². The van der Waals surface area contributed by atoms with Crippen molar-refractivity contribution in [3.63, 3.8) is 0 Å². The number of ether oxygens (including phenoxy) is 1. The molecule has 5 rings (SSSR count). The Bertz CT molecular complexity index is 1110. The highest BCUT2D eigenvalue weighted by Crippen LogP contribution is 2.31. The minimum absolute atomic E-state index is 0.0772. The van der Waals surface area contributed by atoms with E-state index in [1.54, 1.807) is 0 Å². The molecule has 8 heteroatoms. The molecule has 1 aromatic carbocycles. The molecule has 164 valence electrons. The average Bonchev–Trinajstić information content (AvgIpc) is 3.43. The second-order valence-corrected chi connectivity index (χ2v) is 9.12. The monoisotopic (exact) mass is 422 g/mol. The van der Waals surface area contributed by atoms with Crippen LogP contribution in [0.1, 0.15) is 55.6 Å². The van der Waals surface area contributed by atoms with Crippen molar-refractivity contribution in [3.8, 4) is 0 Å². The molecule has 2 saturated heterocycles. The molecule has 2 fully saturated rings. The Balaban J connectivity index is 1.59. The Labute approximate surface area is 181 Å². The number of aromatic nitrogens is 5. The van der Waals surface area contributed by atoms with Gasteiger partial charge >= 0.3 is 0 Å². The van der Waals surface area contributed by atoms with Gasteiger partial charge in [0, 0.05) is 17.7 Å². The predicted molar refractivity (Wildman–Crippen MR) is 118 cm³/mol. The molecule has 0 aliphatic carbocycles. The van der Waals surface area contributed by atoms with Gasteiger partial charge in [-0.2, -0.15) is 0 Å². The summed E-state index contributed by atoms with van der Waals surface area (Å²) in [6.45, 7) is 7.61. The van der Waals surface area contributed by atoms with Crippen LogP contribution in [0.25, 0.3) is 10.9 Å². The van der Waals surface area contributed by atoms with E-state index in [4.69, 9.17) is 4.74 Å². The zero-order valence-electron chi connectivity index (χ0n) is 18.3. The molecule has 0 radical (unpaired) electrons. The molecular weight excluding hydrogens is 392 g/mol. The van der Waals surface area contributed by atoms with Crippen molar-refractivity contribution < 1.29 is 4.74 Å². The standard InChI is InChI=1S/C23H30N6O2/c1-15-7-9-28(10-8-15)21(22-25-26-27-29(22)14-18-4-3-11-31-18)19-13-17-12-16(2)5-6-20(17)24-23(19)30/h5-6,12-13,15,18,21H,3-4,7-11,14H2,1-2H3,(H,24,30)/t18-,21+/m0/s1. The Morgan fingerprint density at radius 2 is 2.06 bits per heavy atom. The first-order valence-electron chi connectivity index (χ1n) is 11.3. The van der Waals surface area contributed by atoms with Crippen molar-refractivity contribution in [2.24, 2.45) is 5.92 Å². The first kappa shape index (κ1) is 20.3. The maximum absolute atomic E-state index is 13.2. The van der Waals surface area contributed by atoms with Crippen LogP contribution < -0.4 is 5.56 Å². The van der Waals surface area contributed by atoms with Crippen molar-refractivity contribution in [3.05, 3.63) is 51.6 Å². The van der Waals surface area contributed by atoms with E-state index in [1.165, 1.54) is 0 Å². The zero-order valence-corrected chi connectivity index (χ0v) is 18.3. The molecule has 0 amide bonds. The van der Waals surface area contributed by atoms with Crippen LogP contribution in [0.3, 0.4) is 0 Å². The van der Waals surface area contributed by atoms with Crippen LogP contribution in [0, 0.1) is 12.8 Å². The molecule has 0 saturated carbocycles. The first-order chi connectivity index (χ1) is 15.1. The van der Waals surface area contributed by atoms with Crippen LogP contribution in [0.15, 0.2) is 29.1 Å². The molecule has 0 unspecified atom stereocenters. The molecule has 0 spiro atoms. The van der Waals surface area contributed by atoms with Gasteiger partial charge in [0.05, 0.1) is 12.6 Å². The SMILES string of the molecule is Cc1ccc2[nH]c(=O)c([C@H](c3nnnn3C[C@@H]3CCCO3)N3CCC(C)CC3)cc2c1. The summed E-state index contributed by atoms with van der Waals surface area (Å²) in [5.74, 6) is 1.42. The number of nitrogens with zero attached hydrogens (tertiary/aromatic N) is 5. The number of nitrogens with one attached hydrogen (secondary N) is 1. The number of H-pyrrole nitrogens is 1. The fraction of sp³-hybridized carbons (Fsp3) is 0.565. The van der Waals surface area contributed by atoms with Crippen LogP contribution in [0.5, 0.6) is 0 Å². The van der Waals surface area contributed by atoms with Crippen molar-refractivity contribution in [2.45, 2.75) is 58.2 Å². The Morgan fingerprint density at radius 3 is 2.84 bits per heavy atom. The van der Waals surface area contributed by atoms with Crippen molar-refractivity contribution in [1.82, 2.24) is 30.1 Å². The number of likely N-dealkylation sites (tertiary alicyclic amines) is 1. The van der Waals surface area contributed by atoms with Gasteiger partial charge in [-0.25, -0.2) is 4.68 Å². The molecule has 4 heterocycles. The van der Waals surface area contributed by atoms with Gasteiger partial charge < -0.3 is 9.72 Å². The number of tetrazole rings is 1. The Kier molecular flexibility index (Phi) is 5.58. The second kappa shape index (κ2) is 8.51. The van der Waals surface area contributed by atoms with E-state index in [2.05, 4.69) is 45.3 Å². The Hall–Kier alpha value is -2.58. The summed E-state index contributed by atoms with van der Waals surface area (Å²) in [5, 5.41) is 13.7. The fourth-order valence-electron chi connectivity index (χ4n) is 4.85. The largest absolute Gasteiger partial charge is 0.376 e. The van der Waals surface area contributed by atoms with Crippen LogP contribution >= 0.6 is 0 Å². The van der Waals surface area contributed by atoms with E-state index in [9.17, 15) is 4.79 Å². The highest BCUT2D eigenvalue weighted by molar-refractivity contribution is 5.79. The van der Waals surface area contributed by atoms with E-state index in [-0.39, 0.29) is 17.7 Å². The summed E-state index contributed by atoms with van der Waals surface area (Å²) in [7, 11) is 0. The van der Waals surface area contributed by atoms with Gasteiger partial charge in [0.25, 0.3) is 5.56 Å². The van der Waals surface area contributed by atoms with Gasteiger partial charge in [-0.05, 0) is 85.6 Å².